The van der Waals surface area contributed by atoms with Gasteiger partial charge in [0.1, 0.15) is 11.8 Å². The molecule has 0 bridgehead atoms. The molecular formula is C28H33N3O2. The minimum atomic E-state index is 0.0686. The van der Waals surface area contributed by atoms with Crippen molar-refractivity contribution in [1.29, 1.82) is 5.26 Å². The molecule has 5 nitrogen and oxygen atoms in total. The highest BCUT2D eigenvalue weighted by Crippen LogP contribution is 2.43. The second-order valence-electron chi connectivity index (χ2n) is 9.88. The zero-order valence-electron chi connectivity index (χ0n) is 20.1. The largest absolute Gasteiger partial charge is 0.494 e. The van der Waals surface area contributed by atoms with E-state index in [1.54, 1.807) is 0 Å². The molecule has 1 aromatic heterocycles. The van der Waals surface area contributed by atoms with E-state index >= 15 is 0 Å². The molecule has 0 saturated heterocycles. The molecule has 2 aromatic carbocycles. The Kier molecular flexibility index (Phi) is 6.37. The first-order chi connectivity index (χ1) is 15.8. The van der Waals surface area contributed by atoms with Gasteiger partial charge in [0, 0.05) is 17.1 Å². The molecule has 0 amide bonds. The van der Waals surface area contributed by atoms with Crippen molar-refractivity contribution in [3.8, 4) is 23.1 Å². The number of nitriles is 1. The average molecular weight is 444 g/mol. The van der Waals surface area contributed by atoms with Crippen LogP contribution >= 0.6 is 0 Å². The molecule has 0 radical (unpaired) electrons. The van der Waals surface area contributed by atoms with Gasteiger partial charge in [0.2, 0.25) is 0 Å². The lowest BCUT2D eigenvalue weighted by molar-refractivity contribution is 0.132. The van der Waals surface area contributed by atoms with Crippen LogP contribution in [0.15, 0.2) is 54.9 Å². The monoisotopic (exact) mass is 443 g/mol. The smallest absolute Gasteiger partial charge is 0.183 e. The van der Waals surface area contributed by atoms with Crippen LogP contribution in [0.2, 0.25) is 0 Å². The molecule has 1 aliphatic rings. The summed E-state index contributed by atoms with van der Waals surface area (Å²) in [6.45, 7) is 13.5. The zero-order chi connectivity index (χ0) is 23.6. The number of rotatable bonds is 8. The lowest BCUT2D eigenvalue weighted by atomic mass is 9.92. The van der Waals surface area contributed by atoms with Crippen molar-refractivity contribution in [3.63, 3.8) is 0 Å². The molecule has 1 saturated carbocycles. The Balaban J connectivity index is 1.68. The van der Waals surface area contributed by atoms with E-state index in [0.29, 0.717) is 30.7 Å². The normalized spacial score (nSPS) is 13.9. The minimum Gasteiger partial charge on any atom is -0.494 e. The number of benzene rings is 2. The maximum absolute atomic E-state index is 10.1. The molecule has 0 aliphatic heterocycles. The molecule has 0 atom stereocenters. The number of ether oxygens (including phenoxy) is 2. The van der Waals surface area contributed by atoms with Crippen LogP contribution in [0.25, 0.3) is 22.2 Å². The predicted molar refractivity (Wildman–Crippen MR) is 134 cm³/mol. The van der Waals surface area contributed by atoms with E-state index in [-0.39, 0.29) is 5.41 Å². The third-order valence-electron chi connectivity index (χ3n) is 5.96. The van der Waals surface area contributed by atoms with E-state index in [0.717, 1.165) is 46.4 Å². The molecule has 3 aromatic rings. The first-order valence-electron chi connectivity index (χ1n) is 11.7. The van der Waals surface area contributed by atoms with E-state index < -0.39 is 0 Å². The van der Waals surface area contributed by atoms with E-state index in [2.05, 4.69) is 61.5 Å². The summed E-state index contributed by atoms with van der Waals surface area (Å²) in [6.07, 6.45) is 3.50. The van der Waals surface area contributed by atoms with Gasteiger partial charge in [0.15, 0.2) is 5.88 Å². The number of hydrogen-bond donors (Lipinski definition) is 1. The van der Waals surface area contributed by atoms with Crippen molar-refractivity contribution in [2.75, 3.05) is 18.5 Å². The van der Waals surface area contributed by atoms with Crippen LogP contribution in [0, 0.1) is 16.7 Å². The molecule has 0 spiro atoms. The summed E-state index contributed by atoms with van der Waals surface area (Å²) in [4.78, 5) is 0. The summed E-state index contributed by atoms with van der Waals surface area (Å²) >= 11 is 0. The van der Waals surface area contributed by atoms with Gasteiger partial charge in [-0.3, -0.25) is 0 Å². The SMILES string of the molecule is C=C(Nc1ccc(-c2c(C#N)c3cc(OCC)ccc3n2C2CCC2)cc1)OCC(C)(C)C. The first kappa shape index (κ1) is 22.8. The molecule has 1 N–H and O–H groups in total. The van der Waals surface area contributed by atoms with Gasteiger partial charge >= 0.3 is 0 Å². The fourth-order valence-electron chi connectivity index (χ4n) is 4.18. The van der Waals surface area contributed by atoms with Gasteiger partial charge in [0.05, 0.1) is 30.0 Å². The minimum absolute atomic E-state index is 0.0686. The van der Waals surface area contributed by atoms with Crippen LogP contribution in [-0.4, -0.2) is 17.8 Å². The highest BCUT2D eigenvalue weighted by molar-refractivity contribution is 5.95. The van der Waals surface area contributed by atoms with E-state index in [1.165, 1.54) is 6.42 Å². The van der Waals surface area contributed by atoms with Crippen LogP contribution in [-0.2, 0) is 4.74 Å². The Morgan fingerprint density at radius 2 is 1.91 bits per heavy atom. The van der Waals surface area contributed by atoms with Crippen LogP contribution in [0.1, 0.15) is 58.6 Å². The lowest BCUT2D eigenvalue weighted by Crippen LogP contribution is -2.17. The van der Waals surface area contributed by atoms with E-state index in [4.69, 9.17) is 9.47 Å². The van der Waals surface area contributed by atoms with E-state index in [1.807, 2.05) is 31.2 Å². The summed E-state index contributed by atoms with van der Waals surface area (Å²) in [7, 11) is 0. The van der Waals surface area contributed by atoms with Crippen LogP contribution in [0.4, 0.5) is 5.69 Å². The van der Waals surface area contributed by atoms with Crippen molar-refractivity contribution in [2.45, 2.75) is 53.0 Å². The van der Waals surface area contributed by atoms with Crippen LogP contribution < -0.4 is 10.1 Å². The number of anilines is 1. The third kappa shape index (κ3) is 4.85. The standard InChI is InChI=1S/C28H33N3O2/c1-6-32-23-14-15-26-24(16-23)25(17-29)27(31(26)22-8-7-9-22)20-10-12-21(13-11-20)30-19(2)33-18-28(3,4)5/h10-16,22,30H,2,6-9,18H2,1,3-5H3. The molecule has 1 fully saturated rings. The number of aromatic nitrogens is 1. The van der Waals surface area contributed by atoms with Gasteiger partial charge in [0.25, 0.3) is 0 Å². The third-order valence-corrected chi connectivity index (χ3v) is 5.96. The highest BCUT2D eigenvalue weighted by atomic mass is 16.5. The lowest BCUT2D eigenvalue weighted by Gasteiger charge is -2.30. The predicted octanol–water partition coefficient (Wildman–Crippen LogP) is 7.25. The number of nitrogens with one attached hydrogen (secondary N) is 1. The maximum Gasteiger partial charge on any atom is 0.183 e. The second kappa shape index (κ2) is 9.23. The average Bonchev–Trinajstić information content (AvgIpc) is 3.05. The van der Waals surface area contributed by atoms with Crippen molar-refractivity contribution in [1.82, 2.24) is 4.57 Å². The maximum atomic E-state index is 10.1. The molecule has 172 valence electrons. The van der Waals surface area contributed by atoms with Gasteiger partial charge in [-0.15, -0.1) is 0 Å². The summed E-state index contributed by atoms with van der Waals surface area (Å²) in [5.41, 5.74) is 4.79. The van der Waals surface area contributed by atoms with Gasteiger partial charge in [-0.25, -0.2) is 0 Å². The summed E-state index contributed by atoms with van der Waals surface area (Å²) in [5.74, 6) is 1.33. The molecule has 1 heterocycles. The fraction of sp³-hybridized carbons (Fsp3) is 0.393. The molecule has 0 unspecified atom stereocenters. The van der Waals surface area contributed by atoms with Crippen molar-refractivity contribution >= 4 is 16.6 Å². The summed E-state index contributed by atoms with van der Waals surface area (Å²) in [6, 6.07) is 17.1. The van der Waals surface area contributed by atoms with Crippen molar-refractivity contribution < 1.29 is 9.47 Å². The van der Waals surface area contributed by atoms with Gasteiger partial charge in [-0.05, 0) is 74.1 Å². The molecule has 33 heavy (non-hydrogen) atoms. The number of nitrogens with zero attached hydrogens (tertiary/aromatic N) is 2. The van der Waals surface area contributed by atoms with Crippen LogP contribution in [0.5, 0.6) is 5.75 Å². The Bertz CT molecular complexity index is 1190. The fourth-order valence-corrected chi connectivity index (χ4v) is 4.18. The van der Waals surface area contributed by atoms with Gasteiger partial charge in [-0.1, -0.05) is 32.9 Å². The Labute approximate surface area is 196 Å². The highest BCUT2D eigenvalue weighted by Gasteiger charge is 2.28. The second-order valence-corrected chi connectivity index (χ2v) is 9.88. The number of fused-ring (bicyclic) bond motifs is 1. The number of hydrogen-bond acceptors (Lipinski definition) is 4. The quantitative estimate of drug-likeness (QED) is 0.373. The topological polar surface area (TPSA) is 59.2 Å². The Hall–Kier alpha value is -3.39. The summed E-state index contributed by atoms with van der Waals surface area (Å²) < 4.78 is 13.8. The molecular weight excluding hydrogens is 410 g/mol. The van der Waals surface area contributed by atoms with Crippen molar-refractivity contribution in [3.05, 3.63) is 60.5 Å². The summed E-state index contributed by atoms with van der Waals surface area (Å²) in [5, 5.41) is 14.3. The Morgan fingerprint density at radius 3 is 2.48 bits per heavy atom. The first-order valence-corrected chi connectivity index (χ1v) is 11.7. The van der Waals surface area contributed by atoms with Gasteiger partial charge < -0.3 is 19.4 Å². The van der Waals surface area contributed by atoms with E-state index in [9.17, 15) is 5.26 Å². The Morgan fingerprint density at radius 1 is 1.18 bits per heavy atom. The van der Waals surface area contributed by atoms with Crippen LogP contribution in [0.3, 0.4) is 0 Å². The molecule has 5 heteroatoms. The molecule has 1 aliphatic carbocycles. The van der Waals surface area contributed by atoms with Gasteiger partial charge in [-0.2, -0.15) is 5.26 Å². The van der Waals surface area contributed by atoms with Crippen molar-refractivity contribution in [2.24, 2.45) is 5.41 Å². The molecule has 4 rings (SSSR count). The zero-order valence-corrected chi connectivity index (χ0v) is 20.1.